The summed E-state index contributed by atoms with van der Waals surface area (Å²) in [6, 6.07) is 15.5. The normalized spacial score (nSPS) is 11.4. The van der Waals surface area contributed by atoms with Gasteiger partial charge in [-0.1, -0.05) is 42.5 Å². The van der Waals surface area contributed by atoms with Crippen LogP contribution in [0.1, 0.15) is 11.1 Å². The van der Waals surface area contributed by atoms with E-state index in [2.05, 4.69) is 21.9 Å². The molecule has 0 heterocycles. The van der Waals surface area contributed by atoms with E-state index in [4.69, 9.17) is 0 Å². The van der Waals surface area contributed by atoms with Crippen LogP contribution in [-0.4, -0.2) is 14.3 Å². The second-order valence-electron chi connectivity index (χ2n) is 4.86. The van der Waals surface area contributed by atoms with Crippen LogP contribution in [0.15, 0.2) is 60.7 Å². The lowest BCUT2D eigenvalue weighted by Gasteiger charge is -2.08. The number of hydroxylamine groups is 1. The Morgan fingerprint density at radius 3 is 2.38 bits per heavy atom. The SMILES string of the molecule is O=C(/C=C/c1ccc(CS(=O)(=O)Nc2ccccc2)cc1)NOS. The lowest BCUT2D eigenvalue weighted by molar-refractivity contribution is -0.121. The van der Waals surface area contributed by atoms with Crippen molar-refractivity contribution in [2.75, 3.05) is 4.72 Å². The summed E-state index contributed by atoms with van der Waals surface area (Å²) in [5.41, 5.74) is 3.94. The van der Waals surface area contributed by atoms with E-state index in [0.717, 1.165) is 5.56 Å². The quantitative estimate of drug-likeness (QED) is 0.305. The molecule has 1 amide bonds. The molecule has 0 bridgehead atoms. The minimum atomic E-state index is -3.49. The highest BCUT2D eigenvalue weighted by Gasteiger charge is 2.11. The van der Waals surface area contributed by atoms with Gasteiger partial charge in [-0.3, -0.25) is 9.52 Å². The summed E-state index contributed by atoms with van der Waals surface area (Å²) in [5, 5.41) is 0. The van der Waals surface area contributed by atoms with Crippen molar-refractivity contribution in [3.05, 3.63) is 71.8 Å². The van der Waals surface area contributed by atoms with Crippen molar-refractivity contribution in [3.8, 4) is 0 Å². The molecule has 0 aliphatic heterocycles. The maximum absolute atomic E-state index is 12.1. The smallest absolute Gasteiger partial charge is 0.268 e. The molecule has 0 aliphatic carbocycles. The van der Waals surface area contributed by atoms with Crippen molar-refractivity contribution in [1.82, 2.24) is 5.48 Å². The van der Waals surface area contributed by atoms with Gasteiger partial charge in [-0.05, 0) is 29.3 Å². The van der Waals surface area contributed by atoms with Gasteiger partial charge in [-0.2, -0.15) is 0 Å². The van der Waals surface area contributed by atoms with E-state index < -0.39 is 15.9 Å². The van der Waals surface area contributed by atoms with Gasteiger partial charge < -0.3 is 0 Å². The van der Waals surface area contributed by atoms with Crippen LogP contribution in [-0.2, 0) is 24.9 Å². The Kier molecular flexibility index (Phi) is 6.42. The number of nitrogens with one attached hydrogen (secondary N) is 2. The van der Waals surface area contributed by atoms with Crippen molar-refractivity contribution in [2.24, 2.45) is 0 Å². The highest BCUT2D eigenvalue weighted by Crippen LogP contribution is 2.13. The Balaban J connectivity index is 1.99. The van der Waals surface area contributed by atoms with Gasteiger partial charge in [0.15, 0.2) is 0 Å². The molecule has 8 heteroatoms. The summed E-state index contributed by atoms with van der Waals surface area (Å²) in [6.07, 6.45) is 2.85. The second-order valence-corrected chi connectivity index (χ2v) is 6.76. The first-order valence-corrected chi connectivity index (χ1v) is 8.93. The zero-order chi connectivity index (χ0) is 17.4. The van der Waals surface area contributed by atoms with Crippen molar-refractivity contribution < 1.29 is 17.5 Å². The molecule has 0 fully saturated rings. The van der Waals surface area contributed by atoms with Gasteiger partial charge in [-0.25, -0.2) is 18.2 Å². The Morgan fingerprint density at radius 1 is 1.08 bits per heavy atom. The summed E-state index contributed by atoms with van der Waals surface area (Å²) < 4.78 is 31.0. The van der Waals surface area contributed by atoms with E-state index in [1.807, 2.05) is 11.5 Å². The van der Waals surface area contributed by atoms with Crippen LogP contribution in [0.4, 0.5) is 5.69 Å². The van der Waals surface area contributed by atoms with E-state index in [9.17, 15) is 13.2 Å². The summed E-state index contributed by atoms with van der Waals surface area (Å²) in [5.74, 6) is -0.594. The van der Waals surface area contributed by atoms with Gasteiger partial charge in [0.25, 0.3) is 5.91 Å². The zero-order valence-corrected chi connectivity index (χ0v) is 14.3. The monoisotopic (exact) mass is 364 g/mol. The molecule has 2 aromatic rings. The van der Waals surface area contributed by atoms with Gasteiger partial charge in [-0.15, -0.1) is 0 Å². The Labute approximate surface area is 146 Å². The largest absolute Gasteiger partial charge is 0.283 e. The zero-order valence-electron chi connectivity index (χ0n) is 12.5. The molecule has 2 rings (SSSR count). The van der Waals surface area contributed by atoms with Crippen molar-refractivity contribution >= 4 is 40.6 Å². The molecular formula is C16H16N2O4S2. The summed E-state index contributed by atoms with van der Waals surface area (Å²) in [4.78, 5) is 11.2. The molecule has 2 aromatic carbocycles. The number of hydrogen-bond donors (Lipinski definition) is 3. The molecule has 0 unspecified atom stereocenters. The molecule has 0 atom stereocenters. The number of rotatable bonds is 7. The molecule has 24 heavy (non-hydrogen) atoms. The first-order chi connectivity index (χ1) is 11.5. The van der Waals surface area contributed by atoms with E-state index in [1.165, 1.54) is 6.08 Å². The summed E-state index contributed by atoms with van der Waals surface area (Å²) in [7, 11) is -3.49. The van der Waals surface area contributed by atoms with Crippen LogP contribution in [0.2, 0.25) is 0 Å². The van der Waals surface area contributed by atoms with Gasteiger partial charge >= 0.3 is 0 Å². The molecule has 0 saturated carbocycles. The molecule has 6 nitrogen and oxygen atoms in total. The Morgan fingerprint density at radius 2 is 1.75 bits per heavy atom. The number of amides is 1. The third-order valence-corrected chi connectivity index (χ3v) is 4.31. The number of thiol groups is 1. The predicted molar refractivity (Wildman–Crippen MR) is 96.4 cm³/mol. The maximum Gasteiger partial charge on any atom is 0.268 e. The number of benzene rings is 2. The maximum atomic E-state index is 12.1. The second kappa shape index (κ2) is 8.53. The minimum absolute atomic E-state index is 0.139. The topological polar surface area (TPSA) is 84.5 Å². The van der Waals surface area contributed by atoms with Crippen molar-refractivity contribution in [1.29, 1.82) is 0 Å². The Bertz CT molecular complexity index is 804. The predicted octanol–water partition coefficient (Wildman–Crippen LogP) is 2.53. The summed E-state index contributed by atoms with van der Waals surface area (Å²) in [6.45, 7) is 0. The molecule has 126 valence electrons. The van der Waals surface area contributed by atoms with Crippen molar-refractivity contribution in [2.45, 2.75) is 5.75 Å². The van der Waals surface area contributed by atoms with E-state index in [-0.39, 0.29) is 5.75 Å². The third kappa shape index (κ3) is 6.07. The molecule has 0 radical (unpaired) electrons. The van der Waals surface area contributed by atoms with Gasteiger partial charge in [0.05, 0.1) is 5.75 Å². The number of carbonyl (C=O) groups is 1. The number of sulfonamides is 1. The van der Waals surface area contributed by atoms with E-state index in [0.29, 0.717) is 11.3 Å². The molecule has 2 N–H and O–H groups in total. The van der Waals surface area contributed by atoms with Crippen LogP contribution < -0.4 is 10.2 Å². The number of carbonyl (C=O) groups excluding carboxylic acids is 1. The fraction of sp³-hybridized carbons (Fsp3) is 0.0625. The van der Waals surface area contributed by atoms with Crippen molar-refractivity contribution in [3.63, 3.8) is 0 Å². The standard InChI is InChI=1S/C16H16N2O4S2/c19-16(17-22-23)11-10-13-6-8-14(9-7-13)12-24(20,21)18-15-4-2-1-3-5-15/h1-11,18,23H,12H2,(H,17,19)/b11-10+. The first-order valence-electron chi connectivity index (χ1n) is 6.91. The number of anilines is 1. The van der Waals surface area contributed by atoms with Gasteiger partial charge in [0, 0.05) is 24.7 Å². The highest BCUT2D eigenvalue weighted by atomic mass is 32.2. The van der Waals surface area contributed by atoms with E-state index in [1.54, 1.807) is 54.6 Å². The van der Waals surface area contributed by atoms with Gasteiger partial charge in [0.1, 0.15) is 0 Å². The molecule has 0 aliphatic rings. The fourth-order valence-electron chi connectivity index (χ4n) is 1.92. The van der Waals surface area contributed by atoms with Crippen LogP contribution in [0.3, 0.4) is 0 Å². The van der Waals surface area contributed by atoms with E-state index >= 15 is 0 Å². The Hall–Kier alpha value is -2.29. The lowest BCUT2D eigenvalue weighted by Crippen LogP contribution is -2.16. The van der Waals surface area contributed by atoms with Crippen LogP contribution >= 0.6 is 12.9 Å². The van der Waals surface area contributed by atoms with Crippen LogP contribution in [0.25, 0.3) is 6.08 Å². The highest BCUT2D eigenvalue weighted by molar-refractivity contribution is 7.91. The molecule has 0 spiro atoms. The van der Waals surface area contributed by atoms with Crippen LogP contribution in [0, 0.1) is 0 Å². The average Bonchev–Trinajstić information content (AvgIpc) is 2.54. The number of hydrogen-bond acceptors (Lipinski definition) is 5. The lowest BCUT2D eigenvalue weighted by atomic mass is 10.1. The summed E-state index contributed by atoms with van der Waals surface area (Å²) >= 11 is 3.40. The molecule has 0 aromatic heterocycles. The number of para-hydroxylation sites is 1. The minimum Gasteiger partial charge on any atom is -0.283 e. The molecular weight excluding hydrogens is 348 g/mol. The molecule has 0 saturated heterocycles. The fourth-order valence-corrected chi connectivity index (χ4v) is 3.21. The first kappa shape index (κ1) is 18.1. The van der Waals surface area contributed by atoms with Gasteiger partial charge in [0.2, 0.25) is 10.0 Å². The third-order valence-electron chi connectivity index (χ3n) is 2.96. The van der Waals surface area contributed by atoms with Crippen LogP contribution in [0.5, 0.6) is 0 Å². The average molecular weight is 364 g/mol.